The lowest BCUT2D eigenvalue weighted by Crippen LogP contribution is -2.24. The Morgan fingerprint density at radius 1 is 1.33 bits per heavy atom. The van der Waals surface area contributed by atoms with Crippen molar-refractivity contribution in [3.8, 4) is 0 Å². The summed E-state index contributed by atoms with van der Waals surface area (Å²) < 4.78 is 37.4. The topological polar surface area (TPSA) is 45.1 Å². The summed E-state index contributed by atoms with van der Waals surface area (Å²) in [7, 11) is 0. The van der Waals surface area contributed by atoms with Crippen molar-refractivity contribution >= 4 is 5.82 Å². The monoisotopic (exact) mass is 262 g/mol. The van der Waals surface area contributed by atoms with Crippen molar-refractivity contribution in [1.29, 1.82) is 0 Å². The second-order valence-electron chi connectivity index (χ2n) is 4.92. The van der Waals surface area contributed by atoms with Crippen LogP contribution in [-0.4, -0.2) is 23.2 Å². The van der Waals surface area contributed by atoms with E-state index >= 15 is 0 Å². The van der Waals surface area contributed by atoms with Crippen molar-refractivity contribution in [3.05, 3.63) is 23.9 Å². The van der Waals surface area contributed by atoms with Crippen LogP contribution in [0.25, 0.3) is 0 Å². The fraction of sp³-hybridized carbons (Fsp3) is 0.583. The van der Waals surface area contributed by atoms with Crippen LogP contribution in [0.1, 0.15) is 25.8 Å². The van der Waals surface area contributed by atoms with Crippen LogP contribution in [0.4, 0.5) is 19.0 Å². The standard InChI is InChI=1S/C12H17F3N2O/c1-11(2,4-6-18)8-17-10-7-9(3-5-16-10)12(13,14)15/h3,5,7,18H,4,6,8H2,1-2H3,(H,16,17). The van der Waals surface area contributed by atoms with Gasteiger partial charge in [0, 0.05) is 19.3 Å². The Morgan fingerprint density at radius 3 is 2.56 bits per heavy atom. The van der Waals surface area contributed by atoms with E-state index in [0.717, 1.165) is 18.3 Å². The molecule has 0 aliphatic heterocycles. The van der Waals surface area contributed by atoms with Crippen LogP contribution < -0.4 is 5.32 Å². The van der Waals surface area contributed by atoms with Crippen LogP contribution in [-0.2, 0) is 6.18 Å². The average Bonchev–Trinajstić information content (AvgIpc) is 2.26. The first kappa shape index (κ1) is 14.8. The third kappa shape index (κ3) is 4.52. The molecule has 0 radical (unpaired) electrons. The van der Waals surface area contributed by atoms with Gasteiger partial charge in [0.2, 0.25) is 0 Å². The molecule has 0 spiro atoms. The van der Waals surface area contributed by atoms with Gasteiger partial charge in [-0.15, -0.1) is 0 Å². The van der Waals surface area contributed by atoms with Gasteiger partial charge in [-0.25, -0.2) is 4.98 Å². The first-order valence-corrected chi connectivity index (χ1v) is 5.62. The molecule has 6 heteroatoms. The average molecular weight is 262 g/mol. The number of hydrogen-bond acceptors (Lipinski definition) is 3. The van der Waals surface area contributed by atoms with Gasteiger partial charge in [-0.1, -0.05) is 13.8 Å². The van der Waals surface area contributed by atoms with Gasteiger partial charge in [-0.3, -0.25) is 0 Å². The van der Waals surface area contributed by atoms with E-state index in [0.29, 0.717) is 13.0 Å². The number of pyridine rings is 1. The predicted octanol–water partition coefficient (Wildman–Crippen LogP) is 2.92. The molecule has 0 aliphatic carbocycles. The summed E-state index contributed by atoms with van der Waals surface area (Å²) in [5.74, 6) is 0.191. The highest BCUT2D eigenvalue weighted by Crippen LogP contribution is 2.30. The lowest BCUT2D eigenvalue weighted by molar-refractivity contribution is -0.137. The zero-order valence-electron chi connectivity index (χ0n) is 10.4. The summed E-state index contributed by atoms with van der Waals surface area (Å²) in [5, 5.41) is 11.7. The van der Waals surface area contributed by atoms with E-state index in [4.69, 9.17) is 5.11 Å². The van der Waals surface area contributed by atoms with E-state index in [-0.39, 0.29) is 17.8 Å². The van der Waals surface area contributed by atoms with Crippen molar-refractivity contribution in [2.75, 3.05) is 18.5 Å². The summed E-state index contributed by atoms with van der Waals surface area (Å²) >= 11 is 0. The number of anilines is 1. The van der Waals surface area contributed by atoms with Crippen LogP contribution in [0.3, 0.4) is 0 Å². The number of halogens is 3. The van der Waals surface area contributed by atoms with E-state index < -0.39 is 11.7 Å². The first-order chi connectivity index (χ1) is 8.24. The highest BCUT2D eigenvalue weighted by atomic mass is 19.4. The van der Waals surface area contributed by atoms with E-state index in [9.17, 15) is 13.2 Å². The molecule has 0 bridgehead atoms. The number of hydrogen-bond donors (Lipinski definition) is 2. The Labute approximate surface area is 104 Å². The van der Waals surface area contributed by atoms with Gasteiger partial charge in [0.05, 0.1) is 5.56 Å². The molecule has 1 aromatic rings. The Balaban J connectivity index is 2.69. The van der Waals surface area contributed by atoms with Crippen molar-refractivity contribution in [3.63, 3.8) is 0 Å². The van der Waals surface area contributed by atoms with Crippen molar-refractivity contribution in [2.24, 2.45) is 5.41 Å². The van der Waals surface area contributed by atoms with E-state index in [2.05, 4.69) is 10.3 Å². The van der Waals surface area contributed by atoms with Gasteiger partial charge in [0.15, 0.2) is 0 Å². The Morgan fingerprint density at radius 2 is 2.00 bits per heavy atom. The minimum absolute atomic E-state index is 0.0463. The molecule has 102 valence electrons. The minimum atomic E-state index is -4.36. The largest absolute Gasteiger partial charge is 0.416 e. The van der Waals surface area contributed by atoms with Gasteiger partial charge in [0.1, 0.15) is 5.82 Å². The maximum absolute atomic E-state index is 12.5. The molecular formula is C12H17F3N2O. The third-order valence-electron chi connectivity index (χ3n) is 2.62. The Hall–Kier alpha value is -1.30. The second-order valence-corrected chi connectivity index (χ2v) is 4.92. The number of aliphatic hydroxyl groups excluding tert-OH is 1. The Kier molecular flexibility index (Phi) is 4.56. The molecule has 1 rings (SSSR count). The molecule has 0 saturated carbocycles. The lowest BCUT2D eigenvalue weighted by Gasteiger charge is -2.24. The molecule has 3 nitrogen and oxygen atoms in total. The van der Waals surface area contributed by atoms with E-state index in [1.165, 1.54) is 0 Å². The number of aromatic nitrogens is 1. The molecule has 0 atom stereocenters. The number of aliphatic hydroxyl groups is 1. The van der Waals surface area contributed by atoms with Gasteiger partial charge in [0.25, 0.3) is 0 Å². The van der Waals surface area contributed by atoms with Gasteiger partial charge < -0.3 is 10.4 Å². The maximum Gasteiger partial charge on any atom is 0.416 e. The summed E-state index contributed by atoms with van der Waals surface area (Å²) in [4.78, 5) is 3.84. The molecule has 0 saturated heterocycles. The maximum atomic E-state index is 12.5. The molecule has 0 aromatic carbocycles. The molecule has 0 aliphatic rings. The highest BCUT2D eigenvalue weighted by molar-refractivity contribution is 5.38. The van der Waals surface area contributed by atoms with Crippen LogP contribution in [0.2, 0.25) is 0 Å². The molecule has 0 unspecified atom stereocenters. The van der Waals surface area contributed by atoms with Crippen LogP contribution >= 0.6 is 0 Å². The molecular weight excluding hydrogens is 245 g/mol. The Bertz CT molecular complexity index is 391. The van der Waals surface area contributed by atoms with E-state index in [1.54, 1.807) is 0 Å². The normalized spacial score (nSPS) is 12.6. The summed E-state index contributed by atoms with van der Waals surface area (Å²) in [6.07, 6.45) is -2.66. The minimum Gasteiger partial charge on any atom is -0.396 e. The van der Waals surface area contributed by atoms with Gasteiger partial charge >= 0.3 is 6.18 Å². The SMILES string of the molecule is CC(C)(CCO)CNc1cc(C(F)(F)F)ccn1. The van der Waals surface area contributed by atoms with Crippen LogP contribution in [0.5, 0.6) is 0 Å². The molecule has 18 heavy (non-hydrogen) atoms. The quantitative estimate of drug-likeness (QED) is 0.857. The smallest absolute Gasteiger partial charge is 0.396 e. The van der Waals surface area contributed by atoms with E-state index in [1.807, 2.05) is 13.8 Å². The highest BCUT2D eigenvalue weighted by Gasteiger charge is 2.30. The van der Waals surface area contributed by atoms with Gasteiger partial charge in [-0.05, 0) is 24.0 Å². The van der Waals surface area contributed by atoms with Gasteiger partial charge in [-0.2, -0.15) is 13.2 Å². The lowest BCUT2D eigenvalue weighted by atomic mass is 9.90. The predicted molar refractivity (Wildman–Crippen MR) is 63.2 cm³/mol. The molecule has 0 fully saturated rings. The fourth-order valence-electron chi connectivity index (χ4n) is 1.42. The second kappa shape index (κ2) is 5.56. The summed E-state index contributed by atoms with van der Waals surface area (Å²) in [5.41, 5.74) is -0.926. The van der Waals surface area contributed by atoms with Crippen LogP contribution in [0, 0.1) is 5.41 Å². The molecule has 2 N–H and O–H groups in total. The van der Waals surface area contributed by atoms with Crippen molar-refractivity contribution in [2.45, 2.75) is 26.4 Å². The summed E-state index contributed by atoms with van der Waals surface area (Å²) in [6.45, 7) is 4.33. The zero-order valence-corrected chi connectivity index (χ0v) is 10.4. The number of nitrogens with one attached hydrogen (secondary N) is 1. The zero-order chi connectivity index (χ0) is 13.8. The number of alkyl halides is 3. The molecule has 1 aromatic heterocycles. The fourth-order valence-corrected chi connectivity index (χ4v) is 1.42. The van der Waals surface area contributed by atoms with Crippen LogP contribution in [0.15, 0.2) is 18.3 Å². The number of rotatable bonds is 5. The number of nitrogens with zero attached hydrogens (tertiary/aromatic N) is 1. The summed E-state index contributed by atoms with van der Waals surface area (Å²) in [6, 6.07) is 1.92. The van der Waals surface area contributed by atoms with Crippen molar-refractivity contribution < 1.29 is 18.3 Å². The third-order valence-corrected chi connectivity index (χ3v) is 2.62. The first-order valence-electron chi connectivity index (χ1n) is 5.62. The molecule has 1 heterocycles. The molecule has 0 amide bonds. The van der Waals surface area contributed by atoms with Crippen molar-refractivity contribution in [1.82, 2.24) is 4.98 Å².